The maximum Gasteiger partial charge on any atom is 0.273 e. The SMILES string of the molecule is COc1nc(C(=O)N2CCCC2c2cc(C)on2)cc2ccccc12. The van der Waals surface area contributed by atoms with Gasteiger partial charge >= 0.3 is 0 Å². The van der Waals surface area contributed by atoms with Crippen molar-refractivity contribution in [3.63, 3.8) is 0 Å². The lowest BCUT2D eigenvalue weighted by Gasteiger charge is -2.23. The monoisotopic (exact) mass is 337 g/mol. The Morgan fingerprint density at radius 3 is 2.92 bits per heavy atom. The summed E-state index contributed by atoms with van der Waals surface area (Å²) in [6.07, 6.45) is 1.81. The van der Waals surface area contributed by atoms with Crippen molar-refractivity contribution in [3.05, 3.63) is 53.5 Å². The summed E-state index contributed by atoms with van der Waals surface area (Å²) in [6.45, 7) is 2.54. The van der Waals surface area contributed by atoms with Crippen LogP contribution < -0.4 is 4.74 Å². The Bertz CT molecular complexity index is 935. The minimum atomic E-state index is -0.104. The summed E-state index contributed by atoms with van der Waals surface area (Å²) in [6, 6.07) is 11.4. The average Bonchev–Trinajstić information content (AvgIpc) is 3.28. The standard InChI is InChI=1S/C19H19N3O3/c1-12-10-15(21-25-12)17-8-5-9-22(17)19(23)16-11-13-6-3-4-7-14(13)18(20-16)24-2/h3-4,6-7,10-11,17H,5,8-9H2,1-2H3. The molecule has 1 amide bonds. The molecule has 0 aliphatic carbocycles. The van der Waals surface area contributed by atoms with Gasteiger partial charge in [0.2, 0.25) is 5.88 Å². The van der Waals surface area contributed by atoms with Gasteiger partial charge in [-0.1, -0.05) is 23.4 Å². The van der Waals surface area contributed by atoms with Crippen molar-refractivity contribution in [2.24, 2.45) is 0 Å². The Hall–Kier alpha value is -2.89. The predicted octanol–water partition coefficient (Wildman–Crippen LogP) is 3.52. The fourth-order valence-corrected chi connectivity index (χ4v) is 3.44. The molecule has 0 radical (unpaired) electrons. The lowest BCUT2D eigenvalue weighted by Crippen LogP contribution is -2.31. The molecule has 4 rings (SSSR count). The van der Waals surface area contributed by atoms with Crippen LogP contribution >= 0.6 is 0 Å². The lowest BCUT2D eigenvalue weighted by molar-refractivity contribution is 0.0724. The van der Waals surface area contributed by atoms with Gasteiger partial charge in [0.15, 0.2) is 0 Å². The fourth-order valence-electron chi connectivity index (χ4n) is 3.44. The van der Waals surface area contributed by atoms with E-state index in [-0.39, 0.29) is 11.9 Å². The molecule has 2 aromatic heterocycles. The van der Waals surface area contributed by atoms with Crippen molar-refractivity contribution in [2.75, 3.05) is 13.7 Å². The van der Waals surface area contributed by atoms with E-state index in [2.05, 4.69) is 10.1 Å². The van der Waals surface area contributed by atoms with Crippen molar-refractivity contribution in [1.29, 1.82) is 0 Å². The van der Waals surface area contributed by atoms with Gasteiger partial charge in [-0.05, 0) is 37.3 Å². The zero-order valence-corrected chi connectivity index (χ0v) is 14.2. The minimum Gasteiger partial charge on any atom is -0.481 e. The zero-order valence-electron chi connectivity index (χ0n) is 14.2. The maximum absolute atomic E-state index is 13.1. The van der Waals surface area contributed by atoms with Gasteiger partial charge in [0.05, 0.1) is 13.2 Å². The van der Waals surface area contributed by atoms with E-state index < -0.39 is 0 Å². The highest BCUT2D eigenvalue weighted by molar-refractivity contribution is 5.98. The minimum absolute atomic E-state index is 0.0655. The Balaban J connectivity index is 1.71. The number of benzene rings is 1. The number of hydrogen-bond acceptors (Lipinski definition) is 5. The van der Waals surface area contributed by atoms with Gasteiger partial charge in [0.1, 0.15) is 17.1 Å². The summed E-state index contributed by atoms with van der Waals surface area (Å²) >= 11 is 0. The molecule has 0 saturated carbocycles. The Morgan fingerprint density at radius 2 is 2.16 bits per heavy atom. The Morgan fingerprint density at radius 1 is 1.32 bits per heavy atom. The van der Waals surface area contributed by atoms with Gasteiger partial charge in [-0.15, -0.1) is 0 Å². The number of carbonyl (C=O) groups excluding carboxylic acids is 1. The summed E-state index contributed by atoms with van der Waals surface area (Å²) in [4.78, 5) is 19.4. The van der Waals surface area contributed by atoms with Crippen molar-refractivity contribution >= 4 is 16.7 Å². The highest BCUT2D eigenvalue weighted by Crippen LogP contribution is 2.33. The summed E-state index contributed by atoms with van der Waals surface area (Å²) in [5.41, 5.74) is 1.19. The molecule has 1 aliphatic rings. The van der Waals surface area contributed by atoms with Crippen LogP contribution in [0.2, 0.25) is 0 Å². The van der Waals surface area contributed by atoms with Gasteiger partial charge < -0.3 is 14.2 Å². The first-order valence-electron chi connectivity index (χ1n) is 8.35. The highest BCUT2D eigenvalue weighted by Gasteiger charge is 2.33. The number of aromatic nitrogens is 2. The topological polar surface area (TPSA) is 68.5 Å². The molecular weight excluding hydrogens is 318 g/mol. The van der Waals surface area contributed by atoms with Gasteiger partial charge in [0, 0.05) is 18.0 Å². The van der Waals surface area contributed by atoms with Crippen LogP contribution in [0.15, 0.2) is 40.9 Å². The van der Waals surface area contributed by atoms with Crippen LogP contribution in [0.25, 0.3) is 10.8 Å². The number of likely N-dealkylation sites (tertiary alicyclic amines) is 1. The second-order valence-corrected chi connectivity index (χ2v) is 6.26. The predicted molar refractivity (Wildman–Crippen MR) is 92.5 cm³/mol. The molecule has 1 unspecified atom stereocenters. The largest absolute Gasteiger partial charge is 0.481 e. The van der Waals surface area contributed by atoms with Crippen LogP contribution in [0.5, 0.6) is 5.88 Å². The van der Waals surface area contributed by atoms with Crippen LogP contribution in [-0.4, -0.2) is 34.6 Å². The van der Waals surface area contributed by atoms with Crippen LogP contribution in [-0.2, 0) is 0 Å². The van der Waals surface area contributed by atoms with E-state index in [0.29, 0.717) is 18.1 Å². The molecule has 1 atom stereocenters. The summed E-state index contributed by atoms with van der Waals surface area (Å²) in [5.74, 6) is 1.11. The molecule has 0 spiro atoms. The number of nitrogens with zero attached hydrogens (tertiary/aromatic N) is 3. The van der Waals surface area contributed by atoms with E-state index >= 15 is 0 Å². The van der Waals surface area contributed by atoms with Gasteiger partial charge in [0.25, 0.3) is 5.91 Å². The molecule has 6 nitrogen and oxygen atoms in total. The quantitative estimate of drug-likeness (QED) is 0.731. The number of ether oxygens (including phenoxy) is 1. The van der Waals surface area contributed by atoms with Crippen molar-refractivity contribution in [1.82, 2.24) is 15.0 Å². The highest BCUT2D eigenvalue weighted by atomic mass is 16.5. The number of methoxy groups -OCH3 is 1. The molecule has 3 aromatic rings. The van der Waals surface area contributed by atoms with Gasteiger partial charge in [-0.25, -0.2) is 4.98 Å². The molecule has 0 bridgehead atoms. The molecule has 1 aliphatic heterocycles. The fraction of sp³-hybridized carbons (Fsp3) is 0.316. The third-order valence-corrected chi connectivity index (χ3v) is 4.62. The third kappa shape index (κ3) is 2.73. The van der Waals surface area contributed by atoms with Crippen LogP contribution in [0.4, 0.5) is 0 Å². The van der Waals surface area contributed by atoms with E-state index in [0.717, 1.165) is 35.1 Å². The Kier molecular flexibility index (Phi) is 3.87. The number of pyridine rings is 1. The number of carbonyl (C=O) groups is 1. The van der Waals surface area contributed by atoms with Crippen molar-refractivity contribution in [2.45, 2.75) is 25.8 Å². The normalized spacial score (nSPS) is 17.2. The van der Waals surface area contributed by atoms with E-state index in [9.17, 15) is 4.79 Å². The molecule has 0 N–H and O–H groups in total. The van der Waals surface area contributed by atoms with Crippen LogP contribution in [0.1, 0.15) is 40.8 Å². The number of rotatable bonds is 3. The maximum atomic E-state index is 13.1. The summed E-state index contributed by atoms with van der Waals surface area (Å²) in [5, 5.41) is 5.92. The summed E-state index contributed by atoms with van der Waals surface area (Å²) < 4.78 is 10.6. The number of fused-ring (bicyclic) bond motifs is 1. The summed E-state index contributed by atoms with van der Waals surface area (Å²) in [7, 11) is 1.57. The van der Waals surface area contributed by atoms with Crippen LogP contribution in [0, 0.1) is 6.92 Å². The lowest BCUT2D eigenvalue weighted by atomic mass is 10.1. The molecule has 1 saturated heterocycles. The second-order valence-electron chi connectivity index (χ2n) is 6.26. The first-order valence-corrected chi connectivity index (χ1v) is 8.35. The molecule has 1 aromatic carbocycles. The second kappa shape index (κ2) is 6.20. The average molecular weight is 337 g/mol. The molecule has 6 heteroatoms. The van der Waals surface area contributed by atoms with E-state index in [1.54, 1.807) is 7.11 Å². The van der Waals surface area contributed by atoms with E-state index in [4.69, 9.17) is 9.26 Å². The van der Waals surface area contributed by atoms with Crippen molar-refractivity contribution in [3.8, 4) is 5.88 Å². The molecular formula is C19H19N3O3. The first-order chi connectivity index (χ1) is 12.2. The number of hydrogen-bond donors (Lipinski definition) is 0. The Labute approximate surface area is 145 Å². The van der Waals surface area contributed by atoms with E-state index in [1.807, 2.05) is 48.2 Å². The smallest absolute Gasteiger partial charge is 0.273 e. The number of aryl methyl sites for hydroxylation is 1. The first kappa shape index (κ1) is 15.6. The van der Waals surface area contributed by atoms with E-state index in [1.165, 1.54) is 0 Å². The van der Waals surface area contributed by atoms with Crippen LogP contribution in [0.3, 0.4) is 0 Å². The van der Waals surface area contributed by atoms with Crippen molar-refractivity contribution < 1.29 is 14.1 Å². The molecule has 25 heavy (non-hydrogen) atoms. The molecule has 128 valence electrons. The van der Waals surface area contributed by atoms with Gasteiger partial charge in [-0.3, -0.25) is 4.79 Å². The molecule has 1 fully saturated rings. The molecule has 3 heterocycles. The third-order valence-electron chi connectivity index (χ3n) is 4.62. The van der Waals surface area contributed by atoms with Gasteiger partial charge in [-0.2, -0.15) is 0 Å². The zero-order chi connectivity index (χ0) is 17.4. The number of amides is 1.